The molecular formula is C14H13BrO2. The minimum atomic E-state index is 0.802. The molecule has 0 aliphatic carbocycles. The van der Waals surface area contributed by atoms with Crippen LogP contribution in [0.5, 0.6) is 11.5 Å². The third kappa shape index (κ3) is 2.29. The van der Waals surface area contributed by atoms with E-state index in [0.29, 0.717) is 0 Å². The lowest BCUT2D eigenvalue weighted by Gasteiger charge is -2.14. The van der Waals surface area contributed by atoms with Crippen molar-refractivity contribution in [1.29, 1.82) is 0 Å². The first-order valence-corrected chi connectivity index (χ1v) is 6.03. The summed E-state index contributed by atoms with van der Waals surface area (Å²) in [5, 5.41) is 0. The summed E-state index contributed by atoms with van der Waals surface area (Å²) in [5.41, 5.74) is 2.02. The summed E-state index contributed by atoms with van der Waals surface area (Å²) >= 11 is 3.55. The Kier molecular flexibility index (Phi) is 3.69. The Morgan fingerprint density at radius 2 is 1.41 bits per heavy atom. The Labute approximate surface area is 109 Å². The van der Waals surface area contributed by atoms with Crippen LogP contribution < -0.4 is 9.47 Å². The first-order valence-electron chi connectivity index (χ1n) is 5.24. The predicted molar refractivity (Wildman–Crippen MR) is 72.7 cm³/mol. The van der Waals surface area contributed by atoms with Crippen molar-refractivity contribution in [2.24, 2.45) is 0 Å². The van der Waals surface area contributed by atoms with Gasteiger partial charge in [0.25, 0.3) is 0 Å². The fraction of sp³-hybridized carbons (Fsp3) is 0.143. The lowest BCUT2D eigenvalue weighted by atomic mass is 10.0. The number of halogens is 1. The maximum atomic E-state index is 5.40. The summed E-state index contributed by atoms with van der Waals surface area (Å²) in [6.07, 6.45) is 0. The van der Waals surface area contributed by atoms with E-state index in [4.69, 9.17) is 9.47 Å². The molecule has 2 aromatic rings. The fourth-order valence-electron chi connectivity index (χ4n) is 1.78. The Morgan fingerprint density at radius 3 is 1.94 bits per heavy atom. The third-order valence-electron chi connectivity index (χ3n) is 2.57. The van der Waals surface area contributed by atoms with E-state index in [1.54, 1.807) is 14.2 Å². The summed E-state index contributed by atoms with van der Waals surface area (Å²) in [7, 11) is 3.32. The van der Waals surface area contributed by atoms with Gasteiger partial charge in [-0.15, -0.1) is 0 Å². The Balaban J connectivity index is 2.69. The molecule has 0 atom stereocenters. The van der Waals surface area contributed by atoms with Crippen LogP contribution in [0.2, 0.25) is 0 Å². The van der Waals surface area contributed by atoms with Gasteiger partial charge < -0.3 is 9.47 Å². The van der Waals surface area contributed by atoms with Gasteiger partial charge in [-0.05, 0) is 18.2 Å². The van der Waals surface area contributed by atoms with Gasteiger partial charge in [0.2, 0.25) is 0 Å². The van der Waals surface area contributed by atoms with E-state index in [9.17, 15) is 0 Å². The van der Waals surface area contributed by atoms with Crippen molar-refractivity contribution in [3.63, 3.8) is 0 Å². The van der Waals surface area contributed by atoms with Gasteiger partial charge in [0, 0.05) is 10.0 Å². The lowest BCUT2D eigenvalue weighted by molar-refractivity contribution is 0.397. The largest absolute Gasteiger partial charge is 0.496 e. The molecule has 0 bridgehead atoms. The Hall–Kier alpha value is -1.48. The van der Waals surface area contributed by atoms with Gasteiger partial charge in [-0.1, -0.05) is 40.2 Å². The minimum absolute atomic E-state index is 0.802. The van der Waals surface area contributed by atoms with Gasteiger partial charge in [0.15, 0.2) is 0 Å². The summed E-state index contributed by atoms with van der Waals surface area (Å²) < 4.78 is 11.8. The summed E-state index contributed by atoms with van der Waals surface area (Å²) in [6.45, 7) is 0. The van der Waals surface area contributed by atoms with Gasteiger partial charge in [0.1, 0.15) is 11.5 Å². The van der Waals surface area contributed by atoms with Crippen LogP contribution in [0.4, 0.5) is 0 Å². The molecule has 0 heterocycles. The molecule has 2 nitrogen and oxygen atoms in total. The highest BCUT2D eigenvalue weighted by molar-refractivity contribution is 9.10. The zero-order valence-electron chi connectivity index (χ0n) is 9.74. The number of rotatable bonds is 3. The molecule has 2 rings (SSSR count). The van der Waals surface area contributed by atoms with Crippen molar-refractivity contribution < 1.29 is 9.47 Å². The zero-order chi connectivity index (χ0) is 12.3. The second-order valence-corrected chi connectivity index (χ2v) is 4.37. The molecule has 0 saturated heterocycles. The number of ether oxygens (including phenoxy) is 2. The molecule has 2 aromatic carbocycles. The summed E-state index contributed by atoms with van der Waals surface area (Å²) in [4.78, 5) is 0. The third-order valence-corrected chi connectivity index (χ3v) is 3.26. The number of hydrogen-bond acceptors (Lipinski definition) is 2. The monoisotopic (exact) mass is 292 g/mol. The van der Waals surface area contributed by atoms with Crippen molar-refractivity contribution in [3.05, 3.63) is 46.9 Å². The van der Waals surface area contributed by atoms with Crippen LogP contribution in [0.25, 0.3) is 11.1 Å². The average molecular weight is 293 g/mol. The molecule has 0 unspecified atom stereocenters. The van der Waals surface area contributed by atoms with E-state index in [1.807, 2.05) is 42.5 Å². The maximum absolute atomic E-state index is 5.40. The smallest absolute Gasteiger partial charge is 0.130 e. The van der Waals surface area contributed by atoms with Crippen LogP contribution >= 0.6 is 15.9 Å². The van der Waals surface area contributed by atoms with Crippen LogP contribution in [0.1, 0.15) is 0 Å². The Morgan fingerprint density at radius 1 is 0.824 bits per heavy atom. The highest BCUT2D eigenvalue weighted by Gasteiger charge is 2.13. The van der Waals surface area contributed by atoms with E-state index in [-0.39, 0.29) is 0 Å². The zero-order valence-corrected chi connectivity index (χ0v) is 11.3. The molecule has 3 heteroatoms. The molecule has 0 aromatic heterocycles. The van der Waals surface area contributed by atoms with E-state index >= 15 is 0 Å². The van der Waals surface area contributed by atoms with Crippen LogP contribution in [0.3, 0.4) is 0 Å². The van der Waals surface area contributed by atoms with Crippen LogP contribution in [0.15, 0.2) is 46.9 Å². The minimum Gasteiger partial charge on any atom is -0.496 e. The van der Waals surface area contributed by atoms with E-state index < -0.39 is 0 Å². The van der Waals surface area contributed by atoms with Crippen LogP contribution in [-0.2, 0) is 0 Å². The molecule has 0 N–H and O–H groups in total. The molecule has 0 radical (unpaired) electrons. The number of methoxy groups -OCH3 is 2. The molecule has 17 heavy (non-hydrogen) atoms. The van der Waals surface area contributed by atoms with Gasteiger partial charge in [-0.3, -0.25) is 0 Å². The lowest BCUT2D eigenvalue weighted by Crippen LogP contribution is -1.93. The van der Waals surface area contributed by atoms with E-state index in [2.05, 4.69) is 15.9 Å². The van der Waals surface area contributed by atoms with Crippen molar-refractivity contribution in [2.45, 2.75) is 0 Å². The standard InChI is InChI=1S/C14H13BrO2/c1-16-12-8-5-9-13(17-2)14(12)10-6-3-4-7-11(10)15/h3-9H,1-2H3. The highest BCUT2D eigenvalue weighted by atomic mass is 79.9. The first kappa shape index (κ1) is 12.0. The molecule has 0 aliphatic heterocycles. The molecule has 0 saturated carbocycles. The number of benzene rings is 2. The van der Waals surface area contributed by atoms with E-state index in [1.165, 1.54) is 0 Å². The molecule has 0 spiro atoms. The van der Waals surface area contributed by atoms with Crippen molar-refractivity contribution in [1.82, 2.24) is 0 Å². The maximum Gasteiger partial charge on any atom is 0.130 e. The first-order chi connectivity index (χ1) is 8.27. The number of hydrogen-bond donors (Lipinski definition) is 0. The van der Waals surface area contributed by atoms with Crippen LogP contribution in [-0.4, -0.2) is 14.2 Å². The predicted octanol–water partition coefficient (Wildman–Crippen LogP) is 4.13. The highest BCUT2D eigenvalue weighted by Crippen LogP contribution is 2.41. The molecule has 0 amide bonds. The van der Waals surface area contributed by atoms with Gasteiger partial charge in [-0.2, -0.15) is 0 Å². The van der Waals surface area contributed by atoms with Crippen molar-refractivity contribution in [3.8, 4) is 22.6 Å². The van der Waals surface area contributed by atoms with Crippen molar-refractivity contribution >= 4 is 15.9 Å². The van der Waals surface area contributed by atoms with Gasteiger partial charge in [0.05, 0.1) is 19.8 Å². The van der Waals surface area contributed by atoms with E-state index in [0.717, 1.165) is 27.1 Å². The van der Waals surface area contributed by atoms with Crippen molar-refractivity contribution in [2.75, 3.05) is 14.2 Å². The second kappa shape index (κ2) is 5.23. The molecule has 0 fully saturated rings. The van der Waals surface area contributed by atoms with Gasteiger partial charge >= 0.3 is 0 Å². The molecule has 88 valence electrons. The van der Waals surface area contributed by atoms with Gasteiger partial charge in [-0.25, -0.2) is 0 Å². The summed E-state index contributed by atoms with van der Waals surface area (Å²) in [5.74, 6) is 1.60. The molecular weight excluding hydrogens is 280 g/mol. The quantitative estimate of drug-likeness (QED) is 0.847. The second-order valence-electron chi connectivity index (χ2n) is 3.52. The van der Waals surface area contributed by atoms with Crippen LogP contribution in [0, 0.1) is 0 Å². The summed E-state index contributed by atoms with van der Waals surface area (Å²) in [6, 6.07) is 13.8. The fourth-order valence-corrected chi connectivity index (χ4v) is 2.26. The molecule has 0 aliphatic rings. The Bertz CT molecular complexity index is 501. The normalized spacial score (nSPS) is 10.1. The average Bonchev–Trinajstić information content (AvgIpc) is 2.38. The topological polar surface area (TPSA) is 18.5 Å². The SMILES string of the molecule is COc1cccc(OC)c1-c1ccccc1Br.